The Morgan fingerprint density at radius 1 is 0.844 bits per heavy atom. The van der Waals surface area contributed by atoms with Gasteiger partial charge in [0.25, 0.3) is 5.91 Å². The van der Waals surface area contributed by atoms with Crippen LogP contribution in [0.25, 0.3) is 28.2 Å². The second-order valence-electron chi connectivity index (χ2n) is 7.03. The predicted octanol–water partition coefficient (Wildman–Crippen LogP) is 4.99. The standard InChI is InChI=1S/C24H15F2N5O/c25-19-5-4-17(13-20(19)26)24(32)29-18-3-1-2-16(12-18)22-8-11-28-23-14-21(30-31(22)23)15-6-9-27-10-7-15/h1-14H,(H,29,32). The quantitative estimate of drug-likeness (QED) is 0.439. The molecule has 0 radical (unpaired) electrons. The first-order chi connectivity index (χ1) is 15.6. The molecule has 3 aromatic heterocycles. The summed E-state index contributed by atoms with van der Waals surface area (Å²) in [7, 11) is 0. The number of pyridine rings is 1. The zero-order valence-corrected chi connectivity index (χ0v) is 16.5. The van der Waals surface area contributed by atoms with Crippen LogP contribution in [-0.2, 0) is 0 Å². The van der Waals surface area contributed by atoms with E-state index in [1.807, 2.05) is 30.3 Å². The third kappa shape index (κ3) is 3.69. The van der Waals surface area contributed by atoms with Gasteiger partial charge in [0.15, 0.2) is 17.3 Å². The number of amides is 1. The molecule has 5 rings (SSSR count). The van der Waals surface area contributed by atoms with E-state index in [1.165, 1.54) is 6.07 Å². The molecule has 1 amide bonds. The zero-order valence-electron chi connectivity index (χ0n) is 16.5. The van der Waals surface area contributed by atoms with Crippen molar-refractivity contribution in [3.8, 4) is 22.5 Å². The molecule has 0 saturated carbocycles. The number of hydrogen-bond acceptors (Lipinski definition) is 4. The lowest BCUT2D eigenvalue weighted by atomic mass is 10.1. The van der Waals surface area contributed by atoms with E-state index >= 15 is 0 Å². The van der Waals surface area contributed by atoms with Crippen LogP contribution in [0.2, 0.25) is 0 Å². The normalized spacial score (nSPS) is 10.9. The van der Waals surface area contributed by atoms with Crippen LogP contribution in [0.15, 0.2) is 85.3 Å². The van der Waals surface area contributed by atoms with Gasteiger partial charge in [-0.05, 0) is 48.5 Å². The average molecular weight is 427 g/mol. The van der Waals surface area contributed by atoms with Crippen LogP contribution < -0.4 is 5.32 Å². The van der Waals surface area contributed by atoms with Gasteiger partial charge in [-0.3, -0.25) is 9.78 Å². The van der Waals surface area contributed by atoms with Crippen molar-refractivity contribution in [2.45, 2.75) is 0 Å². The molecule has 0 aliphatic heterocycles. The predicted molar refractivity (Wildman–Crippen MR) is 116 cm³/mol. The first-order valence-corrected chi connectivity index (χ1v) is 9.70. The molecular weight excluding hydrogens is 412 g/mol. The highest BCUT2D eigenvalue weighted by atomic mass is 19.2. The van der Waals surface area contributed by atoms with E-state index in [9.17, 15) is 13.6 Å². The fourth-order valence-corrected chi connectivity index (χ4v) is 3.37. The van der Waals surface area contributed by atoms with Crippen molar-refractivity contribution in [2.24, 2.45) is 0 Å². The zero-order chi connectivity index (χ0) is 22.1. The number of aromatic nitrogens is 4. The van der Waals surface area contributed by atoms with Crippen LogP contribution >= 0.6 is 0 Å². The molecule has 2 aromatic carbocycles. The highest BCUT2D eigenvalue weighted by Gasteiger charge is 2.13. The van der Waals surface area contributed by atoms with Crippen molar-refractivity contribution in [3.63, 3.8) is 0 Å². The Bertz CT molecular complexity index is 1450. The van der Waals surface area contributed by atoms with Gasteiger partial charge in [0.1, 0.15) is 0 Å². The number of nitrogens with one attached hydrogen (secondary N) is 1. The lowest BCUT2D eigenvalue weighted by molar-refractivity contribution is 0.102. The lowest BCUT2D eigenvalue weighted by Crippen LogP contribution is -2.12. The molecule has 6 nitrogen and oxygen atoms in total. The number of carbonyl (C=O) groups is 1. The summed E-state index contributed by atoms with van der Waals surface area (Å²) in [5.74, 6) is -2.62. The van der Waals surface area contributed by atoms with Crippen molar-refractivity contribution < 1.29 is 13.6 Å². The molecule has 156 valence electrons. The van der Waals surface area contributed by atoms with Crippen molar-refractivity contribution in [1.82, 2.24) is 19.6 Å². The van der Waals surface area contributed by atoms with Gasteiger partial charge in [-0.15, -0.1) is 0 Å². The summed E-state index contributed by atoms with van der Waals surface area (Å²) in [4.78, 5) is 20.9. The SMILES string of the molecule is O=C(Nc1cccc(-c2ccnc3cc(-c4ccncc4)nn23)c1)c1ccc(F)c(F)c1. The fourth-order valence-electron chi connectivity index (χ4n) is 3.37. The number of hydrogen-bond donors (Lipinski definition) is 1. The minimum absolute atomic E-state index is 0.0228. The number of carbonyl (C=O) groups excluding carboxylic acids is 1. The third-order valence-corrected chi connectivity index (χ3v) is 4.93. The van der Waals surface area contributed by atoms with Gasteiger partial charge >= 0.3 is 0 Å². The number of halogens is 2. The van der Waals surface area contributed by atoms with Gasteiger partial charge in [0.05, 0.1) is 11.4 Å². The van der Waals surface area contributed by atoms with Crippen molar-refractivity contribution in [2.75, 3.05) is 5.32 Å². The number of anilines is 1. The molecule has 8 heteroatoms. The van der Waals surface area contributed by atoms with Gasteiger partial charge < -0.3 is 5.32 Å². The first kappa shape index (κ1) is 19.5. The summed E-state index contributed by atoms with van der Waals surface area (Å²) in [6.45, 7) is 0. The summed E-state index contributed by atoms with van der Waals surface area (Å²) in [6.07, 6.45) is 5.09. The second kappa shape index (κ2) is 7.99. The van der Waals surface area contributed by atoms with E-state index in [2.05, 4.69) is 20.4 Å². The molecule has 32 heavy (non-hydrogen) atoms. The van der Waals surface area contributed by atoms with Gasteiger partial charge in [-0.2, -0.15) is 5.10 Å². The van der Waals surface area contributed by atoms with Crippen LogP contribution in [0.1, 0.15) is 10.4 Å². The number of nitrogens with zero attached hydrogens (tertiary/aromatic N) is 4. The number of rotatable bonds is 4. The lowest BCUT2D eigenvalue weighted by Gasteiger charge is -2.09. The molecule has 0 saturated heterocycles. The smallest absolute Gasteiger partial charge is 0.255 e. The van der Waals surface area contributed by atoms with Gasteiger partial charge in [0.2, 0.25) is 0 Å². The van der Waals surface area contributed by atoms with E-state index in [-0.39, 0.29) is 5.56 Å². The minimum atomic E-state index is -1.07. The summed E-state index contributed by atoms with van der Waals surface area (Å²) >= 11 is 0. The summed E-state index contributed by atoms with van der Waals surface area (Å²) in [5, 5.41) is 7.39. The maximum atomic E-state index is 13.5. The molecular formula is C24H15F2N5O. The fraction of sp³-hybridized carbons (Fsp3) is 0. The van der Waals surface area contributed by atoms with Crippen molar-refractivity contribution >= 4 is 17.2 Å². The van der Waals surface area contributed by atoms with Crippen molar-refractivity contribution in [3.05, 3.63) is 103 Å². The molecule has 0 aliphatic carbocycles. The molecule has 0 atom stereocenters. The van der Waals surface area contributed by atoms with E-state index in [0.29, 0.717) is 11.3 Å². The van der Waals surface area contributed by atoms with Gasteiger partial charge in [-0.25, -0.2) is 18.3 Å². The molecule has 0 spiro atoms. The molecule has 0 aliphatic rings. The second-order valence-corrected chi connectivity index (χ2v) is 7.03. The van der Waals surface area contributed by atoms with Gasteiger partial charge in [0, 0.05) is 47.0 Å². The largest absolute Gasteiger partial charge is 0.322 e. The van der Waals surface area contributed by atoms with Crippen molar-refractivity contribution in [1.29, 1.82) is 0 Å². The Kier molecular flexibility index (Phi) is 4.87. The third-order valence-electron chi connectivity index (χ3n) is 4.93. The topological polar surface area (TPSA) is 72.2 Å². The van der Waals surface area contributed by atoms with Crippen LogP contribution in [0.5, 0.6) is 0 Å². The molecule has 0 bridgehead atoms. The summed E-state index contributed by atoms with van der Waals surface area (Å²) in [5.41, 5.74) is 4.45. The molecule has 0 fully saturated rings. The van der Waals surface area contributed by atoms with E-state index in [0.717, 1.165) is 34.6 Å². The Balaban J connectivity index is 1.48. The highest BCUT2D eigenvalue weighted by Crippen LogP contribution is 2.26. The van der Waals surface area contributed by atoms with Crippen LogP contribution in [-0.4, -0.2) is 25.5 Å². The monoisotopic (exact) mass is 427 g/mol. The van der Waals surface area contributed by atoms with E-state index in [1.54, 1.807) is 41.3 Å². The maximum absolute atomic E-state index is 13.5. The molecule has 1 N–H and O–H groups in total. The summed E-state index contributed by atoms with van der Waals surface area (Å²) < 4.78 is 28.3. The molecule has 5 aromatic rings. The van der Waals surface area contributed by atoms with E-state index < -0.39 is 17.5 Å². The first-order valence-electron chi connectivity index (χ1n) is 9.70. The van der Waals surface area contributed by atoms with Crippen LogP contribution in [0.3, 0.4) is 0 Å². The highest BCUT2D eigenvalue weighted by molar-refractivity contribution is 6.04. The number of fused-ring (bicyclic) bond motifs is 1. The maximum Gasteiger partial charge on any atom is 0.255 e. The Labute approximate surface area is 181 Å². The molecule has 3 heterocycles. The van der Waals surface area contributed by atoms with Gasteiger partial charge in [-0.1, -0.05) is 12.1 Å². The van der Waals surface area contributed by atoms with Crippen LogP contribution in [0, 0.1) is 11.6 Å². The minimum Gasteiger partial charge on any atom is -0.322 e. The Hall–Kier alpha value is -4.46. The summed E-state index contributed by atoms with van der Waals surface area (Å²) in [6, 6.07) is 17.6. The molecule has 0 unspecified atom stereocenters. The average Bonchev–Trinajstić information content (AvgIpc) is 3.26. The number of benzene rings is 2. The Morgan fingerprint density at radius 3 is 2.50 bits per heavy atom. The van der Waals surface area contributed by atoms with E-state index in [4.69, 9.17) is 0 Å². The Morgan fingerprint density at radius 2 is 1.69 bits per heavy atom. The van der Waals surface area contributed by atoms with Crippen LogP contribution in [0.4, 0.5) is 14.5 Å².